The first-order chi connectivity index (χ1) is 8.52. The predicted octanol–water partition coefficient (Wildman–Crippen LogP) is 2.32. The number of aromatic nitrogens is 2. The van der Waals surface area contributed by atoms with Crippen molar-refractivity contribution in [3.63, 3.8) is 0 Å². The van der Waals surface area contributed by atoms with Crippen LogP contribution >= 0.6 is 0 Å². The Bertz CT molecular complexity index is 579. The highest BCUT2D eigenvalue weighted by Crippen LogP contribution is 2.16. The van der Waals surface area contributed by atoms with E-state index in [9.17, 15) is 13.9 Å². The van der Waals surface area contributed by atoms with Gasteiger partial charge in [0.05, 0.1) is 18.8 Å². The Balaban J connectivity index is 2.37. The van der Waals surface area contributed by atoms with E-state index >= 15 is 0 Å². The molecule has 0 fully saturated rings. The minimum absolute atomic E-state index is 0.108. The minimum Gasteiger partial charge on any atom is -0.392 e. The van der Waals surface area contributed by atoms with Crippen molar-refractivity contribution < 1.29 is 13.9 Å². The van der Waals surface area contributed by atoms with E-state index in [2.05, 4.69) is 5.10 Å². The normalized spacial score (nSPS) is 10.9. The summed E-state index contributed by atoms with van der Waals surface area (Å²) in [7, 11) is 0. The van der Waals surface area contributed by atoms with Crippen LogP contribution in [0.25, 0.3) is 0 Å². The highest BCUT2D eigenvalue weighted by Gasteiger charge is 2.12. The maximum atomic E-state index is 13.5. The minimum atomic E-state index is -0.477. The molecule has 0 bridgehead atoms. The lowest BCUT2D eigenvalue weighted by Gasteiger charge is -2.06. The monoisotopic (exact) mass is 252 g/mol. The smallest absolute Gasteiger partial charge is 0.128 e. The molecule has 1 aromatic carbocycles. The van der Waals surface area contributed by atoms with Crippen molar-refractivity contribution in [3.05, 3.63) is 52.3 Å². The topological polar surface area (TPSA) is 38.0 Å². The largest absolute Gasteiger partial charge is 0.392 e. The van der Waals surface area contributed by atoms with Crippen molar-refractivity contribution >= 4 is 0 Å². The Morgan fingerprint density at radius 3 is 2.61 bits per heavy atom. The number of nitrogens with zero attached hydrogens (tertiary/aromatic N) is 2. The quantitative estimate of drug-likeness (QED) is 0.910. The van der Waals surface area contributed by atoms with Gasteiger partial charge >= 0.3 is 0 Å². The molecule has 1 heterocycles. The fourth-order valence-corrected chi connectivity index (χ4v) is 1.94. The van der Waals surface area contributed by atoms with Crippen LogP contribution in [-0.2, 0) is 13.2 Å². The highest BCUT2D eigenvalue weighted by atomic mass is 19.1. The zero-order valence-electron chi connectivity index (χ0n) is 10.2. The van der Waals surface area contributed by atoms with Crippen molar-refractivity contribution in [1.82, 2.24) is 9.78 Å². The molecule has 0 unspecified atom stereocenters. The molecule has 1 aromatic heterocycles. The molecule has 18 heavy (non-hydrogen) atoms. The van der Waals surface area contributed by atoms with Crippen LogP contribution in [0.1, 0.15) is 22.5 Å². The summed E-state index contributed by atoms with van der Waals surface area (Å²) in [6.45, 7) is 3.61. The Morgan fingerprint density at radius 1 is 1.28 bits per heavy atom. The Labute approximate surface area is 104 Å². The summed E-state index contributed by atoms with van der Waals surface area (Å²) in [5.74, 6) is -0.940. The number of halogens is 2. The molecule has 0 spiro atoms. The number of aliphatic hydroxyl groups is 1. The molecule has 5 heteroatoms. The van der Waals surface area contributed by atoms with E-state index in [-0.39, 0.29) is 18.7 Å². The third kappa shape index (κ3) is 2.26. The van der Waals surface area contributed by atoms with Gasteiger partial charge in [-0.1, -0.05) is 0 Å². The molecule has 0 aliphatic heterocycles. The first kappa shape index (κ1) is 12.7. The van der Waals surface area contributed by atoms with E-state index in [1.54, 1.807) is 18.5 Å². The lowest BCUT2D eigenvalue weighted by atomic mass is 10.2. The van der Waals surface area contributed by atoms with E-state index in [4.69, 9.17) is 0 Å². The third-order valence-electron chi connectivity index (χ3n) is 3.02. The fraction of sp³-hybridized carbons (Fsp3) is 0.308. The van der Waals surface area contributed by atoms with Gasteiger partial charge in [-0.15, -0.1) is 0 Å². The van der Waals surface area contributed by atoms with Gasteiger partial charge in [-0.2, -0.15) is 5.10 Å². The van der Waals surface area contributed by atoms with Gasteiger partial charge in [0.15, 0.2) is 0 Å². The second kappa shape index (κ2) is 4.86. The summed E-state index contributed by atoms with van der Waals surface area (Å²) in [6.07, 6.45) is 0. The van der Waals surface area contributed by atoms with Crippen LogP contribution in [-0.4, -0.2) is 14.9 Å². The Hall–Kier alpha value is -1.75. The molecule has 0 saturated carbocycles. The molecule has 1 N–H and O–H groups in total. The lowest BCUT2D eigenvalue weighted by Crippen LogP contribution is -2.06. The summed E-state index contributed by atoms with van der Waals surface area (Å²) in [5.41, 5.74) is 2.43. The molecule has 0 aliphatic rings. The van der Waals surface area contributed by atoms with Gasteiger partial charge in [0.25, 0.3) is 0 Å². The van der Waals surface area contributed by atoms with Gasteiger partial charge in [0.1, 0.15) is 11.6 Å². The summed E-state index contributed by atoms with van der Waals surface area (Å²) in [6, 6.07) is 3.34. The second-order valence-corrected chi connectivity index (χ2v) is 4.20. The van der Waals surface area contributed by atoms with Gasteiger partial charge in [0.2, 0.25) is 0 Å². The van der Waals surface area contributed by atoms with Gasteiger partial charge in [-0.05, 0) is 32.0 Å². The summed E-state index contributed by atoms with van der Waals surface area (Å²) in [4.78, 5) is 0. The molecular weight excluding hydrogens is 238 g/mol. The lowest BCUT2D eigenvalue weighted by molar-refractivity contribution is 0.280. The number of aliphatic hydroxyl groups excluding tert-OH is 1. The molecule has 3 nitrogen and oxygen atoms in total. The van der Waals surface area contributed by atoms with Crippen molar-refractivity contribution in [3.8, 4) is 0 Å². The Kier molecular flexibility index (Phi) is 3.43. The van der Waals surface area contributed by atoms with E-state index in [0.717, 1.165) is 29.5 Å². The maximum absolute atomic E-state index is 13.5. The van der Waals surface area contributed by atoms with Crippen LogP contribution in [0.5, 0.6) is 0 Å². The standard InChI is InChI=1S/C13H14F2N2O/c1-8-12(7-18)9(2)17(16-8)6-10-5-11(14)3-4-13(10)15/h3-5,18H,6-7H2,1-2H3. The first-order valence-corrected chi connectivity index (χ1v) is 5.60. The molecule has 0 aliphatic carbocycles. The molecular formula is C13H14F2N2O. The van der Waals surface area contributed by atoms with Crippen molar-refractivity contribution in [2.24, 2.45) is 0 Å². The highest BCUT2D eigenvalue weighted by molar-refractivity contribution is 5.25. The van der Waals surface area contributed by atoms with Crippen molar-refractivity contribution in [2.75, 3.05) is 0 Å². The summed E-state index contributed by atoms with van der Waals surface area (Å²) < 4.78 is 28.2. The number of hydrogen-bond acceptors (Lipinski definition) is 2. The van der Waals surface area contributed by atoms with E-state index in [1.165, 1.54) is 0 Å². The van der Waals surface area contributed by atoms with Gasteiger partial charge < -0.3 is 5.11 Å². The molecule has 0 amide bonds. The zero-order chi connectivity index (χ0) is 13.3. The molecule has 2 aromatic rings. The number of rotatable bonds is 3. The molecule has 96 valence electrons. The van der Waals surface area contributed by atoms with Crippen LogP contribution in [0.3, 0.4) is 0 Å². The average Bonchev–Trinajstić information content (AvgIpc) is 2.59. The van der Waals surface area contributed by atoms with Crippen LogP contribution in [0.15, 0.2) is 18.2 Å². The third-order valence-corrected chi connectivity index (χ3v) is 3.02. The van der Waals surface area contributed by atoms with Crippen molar-refractivity contribution in [2.45, 2.75) is 27.0 Å². The second-order valence-electron chi connectivity index (χ2n) is 4.20. The SMILES string of the molecule is Cc1nn(Cc2cc(F)ccc2F)c(C)c1CO. The van der Waals surface area contributed by atoms with Crippen molar-refractivity contribution in [1.29, 1.82) is 0 Å². The number of benzene rings is 1. The van der Waals surface area contributed by atoms with E-state index in [1.807, 2.05) is 0 Å². The first-order valence-electron chi connectivity index (χ1n) is 5.60. The van der Waals surface area contributed by atoms with Crippen LogP contribution in [0.2, 0.25) is 0 Å². The Morgan fingerprint density at radius 2 is 2.00 bits per heavy atom. The average molecular weight is 252 g/mol. The van der Waals surface area contributed by atoms with E-state index < -0.39 is 11.6 Å². The van der Waals surface area contributed by atoms with E-state index in [0.29, 0.717) is 5.69 Å². The molecule has 0 saturated heterocycles. The summed E-state index contributed by atoms with van der Waals surface area (Å²) >= 11 is 0. The van der Waals surface area contributed by atoms with Crippen LogP contribution in [0.4, 0.5) is 8.78 Å². The molecule has 0 atom stereocenters. The number of hydrogen-bond donors (Lipinski definition) is 1. The maximum Gasteiger partial charge on any atom is 0.128 e. The molecule has 0 radical (unpaired) electrons. The van der Waals surface area contributed by atoms with Crippen LogP contribution < -0.4 is 0 Å². The predicted molar refractivity (Wildman–Crippen MR) is 63.1 cm³/mol. The summed E-state index contributed by atoms with van der Waals surface area (Å²) in [5, 5.41) is 13.4. The van der Waals surface area contributed by atoms with Crippen LogP contribution in [0, 0.1) is 25.5 Å². The zero-order valence-corrected chi connectivity index (χ0v) is 10.2. The molecule has 2 rings (SSSR count). The van der Waals surface area contributed by atoms with Gasteiger partial charge in [0, 0.05) is 16.8 Å². The fourth-order valence-electron chi connectivity index (χ4n) is 1.94. The van der Waals surface area contributed by atoms with Gasteiger partial charge in [-0.25, -0.2) is 8.78 Å². The van der Waals surface area contributed by atoms with Gasteiger partial charge in [-0.3, -0.25) is 4.68 Å². The number of aryl methyl sites for hydroxylation is 1.